The van der Waals surface area contributed by atoms with Crippen LogP contribution in [0.5, 0.6) is 0 Å². The zero-order chi connectivity index (χ0) is 11.8. The van der Waals surface area contributed by atoms with Crippen molar-refractivity contribution in [3.8, 4) is 0 Å². The number of nitrogens with zero attached hydrogens (tertiary/aromatic N) is 1. The zero-order valence-corrected chi connectivity index (χ0v) is 11.5. The summed E-state index contributed by atoms with van der Waals surface area (Å²) in [5, 5.41) is 0.848. The Morgan fingerprint density at radius 2 is 2.00 bits per heavy atom. The zero-order valence-electron chi connectivity index (χ0n) is 8.87. The summed E-state index contributed by atoms with van der Waals surface area (Å²) in [7, 11) is 2.76. The fourth-order valence-electron chi connectivity index (χ4n) is 1.50. The Hall–Kier alpha value is -0.360. The van der Waals surface area contributed by atoms with Crippen LogP contribution in [0, 0.1) is 5.41 Å². The van der Waals surface area contributed by atoms with Crippen LogP contribution in [0.25, 0.3) is 12.2 Å². The maximum atomic E-state index is 5.95. The highest BCUT2D eigenvalue weighted by molar-refractivity contribution is 7.16. The van der Waals surface area contributed by atoms with Gasteiger partial charge in [0.05, 0.1) is 10.7 Å². The minimum absolute atomic E-state index is 0.0460. The minimum Gasteiger partial charge on any atom is -0.235 e. The van der Waals surface area contributed by atoms with Gasteiger partial charge in [-0.15, -0.1) is 9.24 Å². The second-order valence-electron chi connectivity index (χ2n) is 4.11. The maximum Gasteiger partial charge on any atom is 0.148 e. The lowest BCUT2D eigenvalue weighted by atomic mass is 9.93. The van der Waals surface area contributed by atoms with Crippen molar-refractivity contribution in [1.29, 1.82) is 0 Å². The lowest BCUT2D eigenvalue weighted by Gasteiger charge is -2.17. The molecule has 1 aliphatic rings. The van der Waals surface area contributed by atoms with Crippen molar-refractivity contribution in [3.05, 3.63) is 39.7 Å². The topological polar surface area (TPSA) is 12.9 Å². The fourth-order valence-corrected chi connectivity index (χ4v) is 2.08. The third kappa shape index (κ3) is 2.32. The highest BCUT2D eigenvalue weighted by atomic mass is 35.5. The molecule has 0 saturated carbocycles. The Balaban J connectivity index is 2.53. The molecule has 0 N–H and O–H groups in total. The van der Waals surface area contributed by atoms with E-state index in [-0.39, 0.29) is 5.41 Å². The second kappa shape index (κ2) is 4.49. The Bertz CT molecular complexity index is 441. The van der Waals surface area contributed by atoms with E-state index in [0.29, 0.717) is 10.2 Å². The molecule has 0 aromatic carbocycles. The van der Waals surface area contributed by atoms with Gasteiger partial charge in [0.1, 0.15) is 5.15 Å². The summed E-state index contributed by atoms with van der Waals surface area (Å²) in [6, 6.07) is 1.85. The average molecular weight is 272 g/mol. The van der Waals surface area contributed by atoms with E-state index in [9.17, 15) is 0 Å². The van der Waals surface area contributed by atoms with Crippen LogP contribution in [0.2, 0.25) is 10.2 Å². The third-order valence-corrected chi connectivity index (χ3v) is 4.25. The molecule has 4 heteroatoms. The van der Waals surface area contributed by atoms with Crippen LogP contribution in [0.3, 0.4) is 0 Å². The molecule has 2 unspecified atom stereocenters. The van der Waals surface area contributed by atoms with Gasteiger partial charge >= 0.3 is 0 Å². The van der Waals surface area contributed by atoms with Crippen LogP contribution in [0.4, 0.5) is 0 Å². The summed E-state index contributed by atoms with van der Waals surface area (Å²) in [4.78, 5) is 4.26. The molecule has 1 aromatic rings. The summed E-state index contributed by atoms with van der Waals surface area (Å²) in [5.74, 6) is 0. The number of hydrogen-bond acceptors (Lipinski definition) is 1. The first-order valence-electron chi connectivity index (χ1n) is 4.99. The van der Waals surface area contributed by atoms with Crippen LogP contribution < -0.4 is 0 Å². The van der Waals surface area contributed by atoms with E-state index >= 15 is 0 Å². The predicted octanol–water partition coefficient (Wildman–Crippen LogP) is 4.31. The van der Waals surface area contributed by atoms with Gasteiger partial charge in [-0.25, -0.2) is 4.98 Å². The normalized spacial score (nSPS) is 23.0. The standard InChI is InChI=1S/C12H12Cl2NP/c1-12(7-16)4-2-8-6-9(13)11(14)15-10(8)3-5-12/h2-6H,7,16H2,1H3. The van der Waals surface area contributed by atoms with E-state index < -0.39 is 0 Å². The Labute approximate surface area is 108 Å². The number of rotatable bonds is 1. The van der Waals surface area contributed by atoms with Crippen molar-refractivity contribution in [3.63, 3.8) is 0 Å². The molecule has 0 saturated heterocycles. The van der Waals surface area contributed by atoms with Crippen molar-refractivity contribution >= 4 is 44.6 Å². The highest BCUT2D eigenvalue weighted by Gasteiger charge is 2.17. The van der Waals surface area contributed by atoms with E-state index in [1.807, 2.05) is 12.1 Å². The first kappa shape index (κ1) is 12.1. The molecule has 0 radical (unpaired) electrons. The van der Waals surface area contributed by atoms with Crippen molar-refractivity contribution in [1.82, 2.24) is 4.98 Å². The first-order valence-corrected chi connectivity index (χ1v) is 6.56. The van der Waals surface area contributed by atoms with Crippen molar-refractivity contribution < 1.29 is 0 Å². The van der Waals surface area contributed by atoms with E-state index in [4.69, 9.17) is 23.2 Å². The molecule has 84 valence electrons. The molecule has 0 fully saturated rings. The van der Waals surface area contributed by atoms with Gasteiger partial charge in [0.25, 0.3) is 0 Å². The highest BCUT2D eigenvalue weighted by Crippen LogP contribution is 2.31. The monoisotopic (exact) mass is 271 g/mol. The Morgan fingerprint density at radius 1 is 1.31 bits per heavy atom. The number of hydrogen-bond donors (Lipinski definition) is 0. The number of allylic oxidation sites excluding steroid dienone is 2. The number of fused-ring (bicyclic) bond motifs is 1. The molecule has 16 heavy (non-hydrogen) atoms. The minimum atomic E-state index is 0.0460. The molecule has 2 atom stereocenters. The summed E-state index contributed by atoms with van der Waals surface area (Å²) >= 11 is 11.8. The summed E-state index contributed by atoms with van der Waals surface area (Å²) in [5.41, 5.74) is 1.92. The molecule has 1 aromatic heterocycles. The summed E-state index contributed by atoms with van der Waals surface area (Å²) in [6.07, 6.45) is 9.32. The van der Waals surface area contributed by atoms with Crippen LogP contribution in [-0.4, -0.2) is 11.1 Å². The first-order chi connectivity index (χ1) is 7.54. The molecule has 1 heterocycles. The van der Waals surface area contributed by atoms with Gasteiger partial charge in [0.15, 0.2) is 0 Å². The van der Waals surface area contributed by atoms with Gasteiger partial charge in [-0.2, -0.15) is 0 Å². The molecule has 1 nitrogen and oxygen atoms in total. The second-order valence-corrected chi connectivity index (χ2v) is 5.29. The molecule has 0 aliphatic heterocycles. The maximum absolute atomic E-state index is 5.95. The molecule has 0 bridgehead atoms. The smallest absolute Gasteiger partial charge is 0.148 e. The fraction of sp³-hybridized carbons (Fsp3) is 0.250. The molecule has 1 aliphatic carbocycles. The van der Waals surface area contributed by atoms with Crippen molar-refractivity contribution in [2.75, 3.05) is 6.16 Å². The van der Waals surface area contributed by atoms with Gasteiger partial charge < -0.3 is 0 Å². The molecular weight excluding hydrogens is 260 g/mol. The van der Waals surface area contributed by atoms with Crippen LogP contribution in [0.15, 0.2) is 18.2 Å². The van der Waals surface area contributed by atoms with Crippen molar-refractivity contribution in [2.24, 2.45) is 5.41 Å². The number of halogens is 2. The van der Waals surface area contributed by atoms with Crippen LogP contribution >= 0.6 is 32.4 Å². The van der Waals surface area contributed by atoms with Gasteiger partial charge in [-0.1, -0.05) is 48.4 Å². The summed E-state index contributed by atoms with van der Waals surface area (Å²) < 4.78 is 0. The summed E-state index contributed by atoms with van der Waals surface area (Å²) in [6.45, 7) is 2.17. The van der Waals surface area contributed by atoms with Gasteiger partial charge in [0, 0.05) is 11.0 Å². The van der Waals surface area contributed by atoms with Crippen LogP contribution in [0.1, 0.15) is 18.2 Å². The van der Waals surface area contributed by atoms with Crippen molar-refractivity contribution in [2.45, 2.75) is 6.92 Å². The van der Waals surface area contributed by atoms with E-state index in [1.54, 1.807) is 0 Å². The number of aromatic nitrogens is 1. The third-order valence-electron chi connectivity index (χ3n) is 2.70. The number of pyridine rings is 1. The van der Waals surface area contributed by atoms with E-state index in [0.717, 1.165) is 17.4 Å². The molecule has 0 spiro atoms. The van der Waals surface area contributed by atoms with Gasteiger partial charge in [-0.05, 0) is 18.3 Å². The molecular formula is C12H12Cl2NP. The Morgan fingerprint density at radius 3 is 2.69 bits per heavy atom. The lowest BCUT2D eigenvalue weighted by molar-refractivity contribution is 0.647. The lowest BCUT2D eigenvalue weighted by Crippen LogP contribution is -2.09. The SMILES string of the molecule is CC1(CP)C=Cc2cc(Cl)c(Cl)nc2C=C1. The van der Waals surface area contributed by atoms with E-state index in [1.165, 1.54) is 0 Å². The van der Waals surface area contributed by atoms with Gasteiger partial charge in [-0.3, -0.25) is 0 Å². The van der Waals surface area contributed by atoms with Crippen LogP contribution in [-0.2, 0) is 0 Å². The Kier molecular flexibility index (Phi) is 3.39. The molecule has 2 rings (SSSR count). The van der Waals surface area contributed by atoms with Gasteiger partial charge in [0.2, 0.25) is 0 Å². The van der Waals surface area contributed by atoms with E-state index in [2.05, 4.69) is 39.4 Å². The predicted molar refractivity (Wildman–Crippen MR) is 75.0 cm³/mol. The largest absolute Gasteiger partial charge is 0.235 e. The quantitative estimate of drug-likeness (QED) is 0.548. The molecule has 0 amide bonds. The average Bonchev–Trinajstić information content (AvgIpc) is 2.42.